The number of fused-ring (bicyclic) bond motifs is 1. The minimum Gasteiger partial charge on any atom is -0.360 e. The van der Waals surface area contributed by atoms with E-state index in [4.69, 9.17) is 10.7 Å². The van der Waals surface area contributed by atoms with Gasteiger partial charge in [-0.05, 0) is 59.3 Å². The van der Waals surface area contributed by atoms with Gasteiger partial charge in [0.2, 0.25) is 0 Å². The highest BCUT2D eigenvalue weighted by Crippen LogP contribution is 2.40. The van der Waals surface area contributed by atoms with Crippen LogP contribution in [0.2, 0.25) is 0 Å². The van der Waals surface area contributed by atoms with Crippen LogP contribution in [-0.4, -0.2) is 22.6 Å². The molecular weight excluding hydrogens is 450 g/mol. The number of thiazole rings is 1. The van der Waals surface area contributed by atoms with Crippen LogP contribution in [0.3, 0.4) is 0 Å². The molecule has 0 aliphatic heterocycles. The smallest absolute Gasteiger partial charge is 0.183 e. The van der Waals surface area contributed by atoms with Gasteiger partial charge in [0, 0.05) is 35.9 Å². The van der Waals surface area contributed by atoms with Crippen molar-refractivity contribution in [3.05, 3.63) is 102 Å². The third-order valence-electron chi connectivity index (χ3n) is 5.59. The molecular formula is C27H22F2N4S. The van der Waals surface area contributed by atoms with Gasteiger partial charge in [0.05, 0.1) is 10.6 Å². The maximum absolute atomic E-state index is 14.7. The van der Waals surface area contributed by atoms with Crippen molar-refractivity contribution in [3.8, 4) is 21.7 Å². The summed E-state index contributed by atoms with van der Waals surface area (Å²) < 4.78 is 27.9. The molecule has 3 aromatic carbocycles. The van der Waals surface area contributed by atoms with Gasteiger partial charge in [-0.1, -0.05) is 47.7 Å². The van der Waals surface area contributed by atoms with Crippen molar-refractivity contribution in [2.75, 3.05) is 11.9 Å². The van der Waals surface area contributed by atoms with Gasteiger partial charge in [-0.2, -0.15) is 0 Å². The number of rotatable bonds is 7. The normalized spacial score (nSPS) is 12.1. The van der Waals surface area contributed by atoms with Crippen molar-refractivity contribution < 1.29 is 8.78 Å². The fourth-order valence-electron chi connectivity index (χ4n) is 3.87. The number of pyridine rings is 1. The average Bonchev–Trinajstić information content (AvgIpc) is 3.28. The first-order valence-electron chi connectivity index (χ1n) is 10.9. The van der Waals surface area contributed by atoms with Crippen LogP contribution in [0.1, 0.15) is 5.56 Å². The summed E-state index contributed by atoms with van der Waals surface area (Å²) in [5.41, 5.74) is 9.26. The summed E-state index contributed by atoms with van der Waals surface area (Å²) >= 11 is 1.47. The van der Waals surface area contributed by atoms with Gasteiger partial charge in [-0.3, -0.25) is 4.98 Å². The summed E-state index contributed by atoms with van der Waals surface area (Å²) in [7, 11) is 0. The highest BCUT2D eigenvalue weighted by Gasteiger charge is 2.18. The third kappa shape index (κ3) is 4.81. The predicted octanol–water partition coefficient (Wildman–Crippen LogP) is 6.29. The molecule has 0 bridgehead atoms. The van der Waals surface area contributed by atoms with Crippen LogP contribution >= 0.6 is 11.3 Å². The Morgan fingerprint density at radius 1 is 0.941 bits per heavy atom. The molecule has 0 saturated carbocycles. The summed E-state index contributed by atoms with van der Waals surface area (Å²) in [5.74, 6) is -0.588. The molecule has 4 nitrogen and oxygen atoms in total. The molecule has 0 spiro atoms. The Balaban J connectivity index is 1.44. The van der Waals surface area contributed by atoms with E-state index in [1.54, 1.807) is 36.5 Å². The Kier molecular flexibility index (Phi) is 6.29. The highest BCUT2D eigenvalue weighted by molar-refractivity contribution is 7.19. The quantitative estimate of drug-likeness (QED) is 0.292. The third-order valence-corrected chi connectivity index (χ3v) is 6.65. The number of nitrogens with two attached hydrogens (primary N) is 1. The molecule has 0 aliphatic rings. The molecule has 170 valence electrons. The summed E-state index contributed by atoms with van der Waals surface area (Å²) in [6.07, 6.45) is 4.18. The first kappa shape index (κ1) is 22.1. The fraction of sp³-hybridized carbons (Fsp3) is 0.111. The Hall–Kier alpha value is -3.68. The van der Waals surface area contributed by atoms with Crippen LogP contribution in [0.4, 0.5) is 13.9 Å². The number of benzene rings is 3. The lowest BCUT2D eigenvalue weighted by Crippen LogP contribution is -2.31. The topological polar surface area (TPSA) is 63.8 Å². The number of hydrogen-bond donors (Lipinski definition) is 2. The molecule has 0 saturated heterocycles. The van der Waals surface area contributed by atoms with Gasteiger partial charge in [0.15, 0.2) is 5.13 Å². The van der Waals surface area contributed by atoms with Crippen LogP contribution in [0.15, 0.2) is 85.2 Å². The van der Waals surface area contributed by atoms with Crippen molar-refractivity contribution in [2.24, 2.45) is 5.73 Å². The van der Waals surface area contributed by atoms with Crippen molar-refractivity contribution in [1.29, 1.82) is 0 Å². The molecule has 2 aromatic heterocycles. The maximum atomic E-state index is 14.7. The van der Waals surface area contributed by atoms with Gasteiger partial charge in [0.1, 0.15) is 11.6 Å². The molecule has 0 aliphatic carbocycles. The van der Waals surface area contributed by atoms with Crippen LogP contribution in [0.5, 0.6) is 0 Å². The van der Waals surface area contributed by atoms with Gasteiger partial charge >= 0.3 is 0 Å². The lowest BCUT2D eigenvalue weighted by molar-refractivity contribution is 0.625. The monoisotopic (exact) mass is 472 g/mol. The first-order chi connectivity index (χ1) is 16.6. The largest absolute Gasteiger partial charge is 0.360 e. The Labute approximate surface area is 200 Å². The van der Waals surface area contributed by atoms with E-state index in [2.05, 4.69) is 16.4 Å². The molecule has 0 fully saturated rings. The predicted molar refractivity (Wildman–Crippen MR) is 135 cm³/mol. The fourth-order valence-corrected chi connectivity index (χ4v) is 4.85. The lowest BCUT2D eigenvalue weighted by Gasteiger charge is -2.12. The van der Waals surface area contributed by atoms with Crippen LogP contribution < -0.4 is 11.1 Å². The molecule has 0 unspecified atom stereocenters. The van der Waals surface area contributed by atoms with E-state index in [1.807, 2.05) is 24.4 Å². The number of nitrogens with zero attached hydrogens (tertiary/aromatic N) is 2. The molecule has 5 aromatic rings. The van der Waals surface area contributed by atoms with E-state index in [0.29, 0.717) is 29.4 Å². The second-order valence-electron chi connectivity index (χ2n) is 8.09. The maximum Gasteiger partial charge on any atom is 0.183 e. The van der Waals surface area contributed by atoms with Gasteiger partial charge in [-0.15, -0.1) is 0 Å². The van der Waals surface area contributed by atoms with Crippen molar-refractivity contribution in [3.63, 3.8) is 0 Å². The minimum absolute atomic E-state index is 0.192. The molecule has 0 radical (unpaired) electrons. The number of nitrogens with one attached hydrogen (secondary N) is 1. The standard InChI is InChI=1S/C27H22F2N4S/c28-21-9-5-17(6-10-21)13-22(30)16-32-27-33-25(23-3-1-2-4-24(23)29)26(34-27)19-7-8-20-15-31-12-11-18(20)14-19/h1-12,14-15,22H,13,16,30H2,(H,32,33)/t22-/m0/s1. The summed E-state index contributed by atoms with van der Waals surface area (Å²) in [6.45, 7) is 0.477. The second kappa shape index (κ2) is 9.67. The van der Waals surface area contributed by atoms with Crippen LogP contribution in [0, 0.1) is 11.6 Å². The van der Waals surface area contributed by atoms with Crippen LogP contribution in [-0.2, 0) is 6.42 Å². The van der Waals surface area contributed by atoms with Gasteiger partial charge in [0.25, 0.3) is 0 Å². The summed E-state index contributed by atoms with van der Waals surface area (Å²) in [4.78, 5) is 9.78. The van der Waals surface area contributed by atoms with E-state index in [9.17, 15) is 8.78 Å². The molecule has 34 heavy (non-hydrogen) atoms. The van der Waals surface area contributed by atoms with E-state index in [0.717, 1.165) is 26.8 Å². The average molecular weight is 473 g/mol. The highest BCUT2D eigenvalue weighted by atomic mass is 32.1. The number of anilines is 1. The zero-order valence-corrected chi connectivity index (χ0v) is 19.0. The SMILES string of the molecule is N[C@H](CNc1nc(-c2ccccc2F)c(-c2ccc3cnccc3c2)s1)Cc1ccc(F)cc1. The summed E-state index contributed by atoms with van der Waals surface area (Å²) in [5, 5.41) is 6.06. The summed E-state index contributed by atoms with van der Waals surface area (Å²) in [6, 6.07) is 20.8. The number of hydrogen-bond acceptors (Lipinski definition) is 5. The first-order valence-corrected chi connectivity index (χ1v) is 11.7. The van der Waals surface area contributed by atoms with Crippen molar-refractivity contribution >= 4 is 27.2 Å². The molecule has 1 atom stereocenters. The zero-order chi connectivity index (χ0) is 23.5. The van der Waals surface area contributed by atoms with E-state index in [1.165, 1.54) is 29.5 Å². The molecule has 2 heterocycles. The van der Waals surface area contributed by atoms with E-state index < -0.39 is 0 Å². The number of aromatic nitrogens is 2. The molecule has 7 heteroatoms. The van der Waals surface area contributed by atoms with Crippen molar-refractivity contribution in [1.82, 2.24) is 9.97 Å². The molecule has 3 N–H and O–H groups in total. The Bertz CT molecular complexity index is 1430. The Morgan fingerprint density at radius 2 is 1.76 bits per heavy atom. The second-order valence-corrected chi connectivity index (χ2v) is 9.08. The molecule has 0 amide bonds. The lowest BCUT2D eigenvalue weighted by atomic mass is 10.0. The molecule has 5 rings (SSSR count). The van der Waals surface area contributed by atoms with E-state index >= 15 is 0 Å². The minimum atomic E-state index is -0.321. The number of halogens is 2. The van der Waals surface area contributed by atoms with Gasteiger partial charge < -0.3 is 11.1 Å². The van der Waals surface area contributed by atoms with E-state index in [-0.39, 0.29) is 17.7 Å². The van der Waals surface area contributed by atoms with Gasteiger partial charge in [-0.25, -0.2) is 13.8 Å². The van der Waals surface area contributed by atoms with Crippen molar-refractivity contribution in [2.45, 2.75) is 12.5 Å². The van der Waals surface area contributed by atoms with Crippen LogP contribution in [0.25, 0.3) is 32.5 Å². The zero-order valence-electron chi connectivity index (χ0n) is 18.2. The Morgan fingerprint density at radius 3 is 2.59 bits per heavy atom.